The van der Waals surface area contributed by atoms with Crippen molar-refractivity contribution in [2.24, 2.45) is 0 Å². The lowest BCUT2D eigenvalue weighted by atomic mass is 10.1. The maximum atomic E-state index is 13.9. The number of aromatic carboxylic acids is 1. The molecule has 108 valence electrons. The number of nitro groups is 1. The summed E-state index contributed by atoms with van der Waals surface area (Å²) in [5.74, 6) is -2.41. The number of anilines is 2. The van der Waals surface area contributed by atoms with Crippen molar-refractivity contribution in [1.82, 2.24) is 0 Å². The van der Waals surface area contributed by atoms with Crippen LogP contribution < -0.4 is 5.32 Å². The van der Waals surface area contributed by atoms with E-state index < -0.39 is 28.0 Å². The molecule has 0 saturated carbocycles. The molecule has 0 spiro atoms. The van der Waals surface area contributed by atoms with E-state index in [9.17, 15) is 19.3 Å². The molecule has 0 aliphatic carbocycles. The SMILES string of the molecule is O=C(O)c1cc(Nc2cccc(Br)c2)c(F)cc1[N+](=O)[O-]. The van der Waals surface area contributed by atoms with E-state index in [0.29, 0.717) is 11.8 Å². The van der Waals surface area contributed by atoms with Gasteiger partial charge < -0.3 is 10.4 Å². The van der Waals surface area contributed by atoms with Gasteiger partial charge in [0.15, 0.2) is 5.82 Å². The number of carboxylic acids is 1. The third-order valence-corrected chi connectivity index (χ3v) is 3.11. The molecule has 0 bridgehead atoms. The molecule has 0 saturated heterocycles. The van der Waals surface area contributed by atoms with Crippen LogP contribution in [-0.2, 0) is 0 Å². The summed E-state index contributed by atoms with van der Waals surface area (Å²) in [6.45, 7) is 0. The van der Waals surface area contributed by atoms with Gasteiger partial charge in [0.1, 0.15) is 5.56 Å². The van der Waals surface area contributed by atoms with Gasteiger partial charge in [-0.3, -0.25) is 10.1 Å². The van der Waals surface area contributed by atoms with Crippen molar-refractivity contribution in [3.63, 3.8) is 0 Å². The van der Waals surface area contributed by atoms with Crippen molar-refractivity contribution in [2.45, 2.75) is 0 Å². The van der Waals surface area contributed by atoms with Gasteiger partial charge in [-0.2, -0.15) is 0 Å². The van der Waals surface area contributed by atoms with E-state index in [0.717, 1.165) is 10.5 Å². The summed E-state index contributed by atoms with van der Waals surface area (Å²) < 4.78 is 14.6. The van der Waals surface area contributed by atoms with Gasteiger partial charge in [0.2, 0.25) is 0 Å². The molecular formula is C13H8BrFN2O4. The predicted molar refractivity (Wildman–Crippen MR) is 77.4 cm³/mol. The molecule has 2 N–H and O–H groups in total. The highest BCUT2D eigenvalue weighted by molar-refractivity contribution is 9.10. The second kappa shape index (κ2) is 5.88. The highest BCUT2D eigenvalue weighted by Gasteiger charge is 2.23. The summed E-state index contributed by atoms with van der Waals surface area (Å²) in [5, 5.41) is 22.4. The van der Waals surface area contributed by atoms with Gasteiger partial charge in [0.05, 0.1) is 16.7 Å². The fraction of sp³-hybridized carbons (Fsp3) is 0. The third-order valence-electron chi connectivity index (χ3n) is 2.62. The average Bonchev–Trinajstić information content (AvgIpc) is 2.40. The number of hydrogen-bond donors (Lipinski definition) is 2. The Bertz CT molecular complexity index is 736. The van der Waals surface area contributed by atoms with Gasteiger partial charge in [0, 0.05) is 10.2 Å². The largest absolute Gasteiger partial charge is 0.477 e. The normalized spacial score (nSPS) is 10.2. The third kappa shape index (κ3) is 3.34. The van der Waals surface area contributed by atoms with Crippen molar-refractivity contribution in [3.05, 3.63) is 62.4 Å². The van der Waals surface area contributed by atoms with Crippen LogP contribution in [0.25, 0.3) is 0 Å². The van der Waals surface area contributed by atoms with Gasteiger partial charge in [-0.1, -0.05) is 22.0 Å². The van der Waals surface area contributed by atoms with E-state index in [-0.39, 0.29) is 5.69 Å². The minimum Gasteiger partial charge on any atom is -0.477 e. The maximum Gasteiger partial charge on any atom is 0.342 e. The quantitative estimate of drug-likeness (QED) is 0.640. The summed E-state index contributed by atoms with van der Waals surface area (Å²) in [6.07, 6.45) is 0. The molecule has 0 atom stereocenters. The topological polar surface area (TPSA) is 92.5 Å². The van der Waals surface area contributed by atoms with Crippen LogP contribution in [0.1, 0.15) is 10.4 Å². The van der Waals surface area contributed by atoms with Gasteiger partial charge in [-0.15, -0.1) is 0 Å². The fourth-order valence-electron chi connectivity index (χ4n) is 1.70. The lowest BCUT2D eigenvalue weighted by Crippen LogP contribution is -2.05. The van der Waals surface area contributed by atoms with Crippen LogP contribution in [0.15, 0.2) is 40.9 Å². The second-order valence-corrected chi connectivity index (χ2v) is 4.96. The number of nitro benzene ring substituents is 1. The van der Waals surface area contributed by atoms with Crippen LogP contribution in [0.2, 0.25) is 0 Å². The lowest BCUT2D eigenvalue weighted by molar-refractivity contribution is -0.385. The molecule has 2 aromatic rings. The fourth-order valence-corrected chi connectivity index (χ4v) is 2.10. The molecule has 2 aromatic carbocycles. The van der Waals surface area contributed by atoms with Crippen LogP contribution in [-0.4, -0.2) is 16.0 Å². The number of rotatable bonds is 4. The Balaban J connectivity index is 2.47. The Morgan fingerprint density at radius 1 is 1.33 bits per heavy atom. The Hall–Kier alpha value is -2.48. The molecular weight excluding hydrogens is 347 g/mol. The molecule has 0 amide bonds. The minimum atomic E-state index is -1.50. The molecule has 0 aromatic heterocycles. The van der Waals surface area contributed by atoms with Gasteiger partial charge >= 0.3 is 5.97 Å². The monoisotopic (exact) mass is 354 g/mol. The summed E-state index contributed by atoms with van der Waals surface area (Å²) in [6, 6.07) is 8.25. The Morgan fingerprint density at radius 3 is 2.62 bits per heavy atom. The molecule has 21 heavy (non-hydrogen) atoms. The lowest BCUT2D eigenvalue weighted by Gasteiger charge is -2.09. The number of carbonyl (C=O) groups is 1. The Labute approximate surface area is 126 Å². The van der Waals surface area contributed by atoms with Crippen molar-refractivity contribution < 1.29 is 19.2 Å². The van der Waals surface area contributed by atoms with E-state index in [4.69, 9.17) is 5.11 Å². The zero-order valence-electron chi connectivity index (χ0n) is 10.3. The zero-order valence-corrected chi connectivity index (χ0v) is 11.9. The summed E-state index contributed by atoms with van der Waals surface area (Å²) in [4.78, 5) is 20.8. The van der Waals surface area contributed by atoms with Crippen molar-refractivity contribution in [3.8, 4) is 0 Å². The smallest absolute Gasteiger partial charge is 0.342 e. The van der Waals surface area contributed by atoms with Crippen molar-refractivity contribution >= 4 is 39.0 Å². The maximum absolute atomic E-state index is 13.9. The number of carboxylic acid groups (broad SMARTS) is 1. The molecule has 2 rings (SSSR count). The van der Waals surface area contributed by atoms with Crippen molar-refractivity contribution in [2.75, 3.05) is 5.32 Å². The number of hydrogen-bond acceptors (Lipinski definition) is 4. The second-order valence-electron chi connectivity index (χ2n) is 4.05. The first-order chi connectivity index (χ1) is 9.88. The highest BCUT2D eigenvalue weighted by Crippen LogP contribution is 2.29. The number of nitrogens with one attached hydrogen (secondary N) is 1. The average molecular weight is 355 g/mol. The molecule has 0 unspecified atom stereocenters. The molecule has 0 aliphatic heterocycles. The molecule has 0 aliphatic rings. The first kappa shape index (κ1) is 14.9. The summed E-state index contributed by atoms with van der Waals surface area (Å²) >= 11 is 3.25. The Kier molecular flexibility index (Phi) is 4.18. The minimum absolute atomic E-state index is 0.156. The number of halogens is 2. The summed E-state index contributed by atoms with van der Waals surface area (Å²) in [7, 11) is 0. The van der Waals surface area contributed by atoms with Crippen LogP contribution >= 0.6 is 15.9 Å². The van der Waals surface area contributed by atoms with Crippen molar-refractivity contribution in [1.29, 1.82) is 0 Å². The van der Waals surface area contributed by atoms with Gasteiger partial charge in [-0.25, -0.2) is 9.18 Å². The predicted octanol–water partition coefficient (Wildman–Crippen LogP) is 3.94. The van der Waals surface area contributed by atoms with E-state index in [1.807, 2.05) is 0 Å². The number of benzene rings is 2. The van der Waals surface area contributed by atoms with Crippen LogP contribution in [0.5, 0.6) is 0 Å². The standard InChI is InChI=1S/C13H8BrFN2O4/c14-7-2-1-3-8(4-7)16-11-5-9(13(18)19)12(17(20)21)6-10(11)15/h1-6,16H,(H,18,19). The van der Waals surface area contributed by atoms with Crippen LogP contribution in [0.4, 0.5) is 21.5 Å². The zero-order chi connectivity index (χ0) is 15.6. The first-order valence-electron chi connectivity index (χ1n) is 5.62. The summed E-state index contributed by atoms with van der Waals surface area (Å²) in [5.41, 5.74) is -1.02. The van der Waals surface area contributed by atoms with E-state index in [1.165, 1.54) is 0 Å². The molecule has 6 nitrogen and oxygen atoms in total. The highest BCUT2D eigenvalue weighted by atomic mass is 79.9. The van der Waals surface area contributed by atoms with Crippen LogP contribution in [0.3, 0.4) is 0 Å². The molecule has 0 radical (unpaired) electrons. The number of nitrogens with zero attached hydrogens (tertiary/aromatic N) is 1. The molecule has 8 heteroatoms. The van der Waals surface area contributed by atoms with E-state index in [2.05, 4.69) is 21.2 Å². The molecule has 0 fully saturated rings. The van der Waals surface area contributed by atoms with Crippen LogP contribution in [0, 0.1) is 15.9 Å². The Morgan fingerprint density at radius 2 is 2.05 bits per heavy atom. The van der Waals surface area contributed by atoms with E-state index >= 15 is 0 Å². The van der Waals surface area contributed by atoms with Gasteiger partial charge in [-0.05, 0) is 24.3 Å². The molecule has 0 heterocycles. The van der Waals surface area contributed by atoms with E-state index in [1.54, 1.807) is 24.3 Å². The first-order valence-corrected chi connectivity index (χ1v) is 6.41. The van der Waals surface area contributed by atoms with Gasteiger partial charge in [0.25, 0.3) is 5.69 Å².